The quantitative estimate of drug-likeness (QED) is 0.770. The first-order valence-corrected chi connectivity index (χ1v) is 7.92. The van der Waals surface area contributed by atoms with Crippen LogP contribution in [0.15, 0.2) is 0 Å². The van der Waals surface area contributed by atoms with Gasteiger partial charge in [0.2, 0.25) is 5.91 Å². The molecule has 1 saturated carbocycles. The first-order valence-electron chi connectivity index (χ1n) is 7.92. The molecule has 0 spiro atoms. The van der Waals surface area contributed by atoms with Crippen LogP contribution in [0.25, 0.3) is 0 Å². The molecule has 1 aliphatic carbocycles. The molecule has 3 fully saturated rings. The Balaban J connectivity index is 1.35. The molecule has 0 unspecified atom stereocenters. The minimum Gasteiger partial charge on any atom is -0.381 e. The second-order valence-corrected chi connectivity index (χ2v) is 6.31. The first-order chi connectivity index (χ1) is 9.33. The Morgan fingerprint density at radius 1 is 1.11 bits per heavy atom. The Morgan fingerprint density at radius 2 is 1.89 bits per heavy atom. The van der Waals surface area contributed by atoms with E-state index in [0.29, 0.717) is 11.8 Å². The third kappa shape index (κ3) is 3.29. The zero-order valence-electron chi connectivity index (χ0n) is 11.9. The second-order valence-electron chi connectivity index (χ2n) is 6.31. The number of rotatable bonds is 4. The van der Waals surface area contributed by atoms with Crippen LogP contribution in [0.5, 0.6) is 0 Å². The van der Waals surface area contributed by atoms with Crippen LogP contribution >= 0.6 is 0 Å². The van der Waals surface area contributed by atoms with Gasteiger partial charge in [0.1, 0.15) is 0 Å². The summed E-state index contributed by atoms with van der Waals surface area (Å²) in [7, 11) is 0. The maximum absolute atomic E-state index is 12.1. The number of ether oxygens (including phenoxy) is 1. The average molecular weight is 266 g/mol. The fraction of sp³-hybridized carbons (Fsp3) is 0.933. The van der Waals surface area contributed by atoms with Gasteiger partial charge in [-0.05, 0) is 38.1 Å². The van der Waals surface area contributed by atoms with Crippen LogP contribution in [-0.4, -0.2) is 61.6 Å². The largest absolute Gasteiger partial charge is 0.381 e. The van der Waals surface area contributed by atoms with Crippen molar-refractivity contribution >= 4 is 5.91 Å². The van der Waals surface area contributed by atoms with Gasteiger partial charge < -0.3 is 9.64 Å². The summed E-state index contributed by atoms with van der Waals surface area (Å²) in [6.45, 7) is 7.10. The average Bonchev–Trinajstić information content (AvgIpc) is 2.88. The predicted molar refractivity (Wildman–Crippen MR) is 73.9 cm³/mol. The van der Waals surface area contributed by atoms with Crippen molar-refractivity contribution in [2.24, 2.45) is 11.8 Å². The molecule has 1 atom stereocenters. The summed E-state index contributed by atoms with van der Waals surface area (Å²) in [6, 6.07) is 0. The van der Waals surface area contributed by atoms with Crippen LogP contribution in [-0.2, 0) is 9.53 Å². The van der Waals surface area contributed by atoms with Gasteiger partial charge in [-0.15, -0.1) is 0 Å². The van der Waals surface area contributed by atoms with Crippen molar-refractivity contribution in [3.05, 3.63) is 0 Å². The van der Waals surface area contributed by atoms with Gasteiger partial charge in [0, 0.05) is 45.3 Å². The molecule has 4 nitrogen and oxygen atoms in total. The molecule has 0 aromatic heterocycles. The molecule has 0 N–H and O–H groups in total. The number of piperazine rings is 1. The van der Waals surface area contributed by atoms with Crippen LogP contribution in [0, 0.1) is 11.8 Å². The summed E-state index contributed by atoms with van der Waals surface area (Å²) in [5.41, 5.74) is 0. The standard InChI is InChI=1S/C15H26N2O2/c18-15(14-2-1-3-14)17-9-7-16(8-10-17)6-4-13-5-11-19-12-13/h13-14H,1-12H2/t13-/m1/s1. The summed E-state index contributed by atoms with van der Waals surface area (Å²) in [5, 5.41) is 0. The summed E-state index contributed by atoms with van der Waals surface area (Å²) in [6.07, 6.45) is 6.00. The maximum atomic E-state index is 12.1. The molecule has 2 aliphatic heterocycles. The molecule has 1 amide bonds. The molecule has 0 radical (unpaired) electrons. The Labute approximate surface area is 116 Å². The Hall–Kier alpha value is -0.610. The van der Waals surface area contributed by atoms with Crippen molar-refractivity contribution in [3.8, 4) is 0 Å². The molecule has 108 valence electrons. The number of carbonyl (C=O) groups excluding carboxylic acids is 1. The van der Waals surface area contributed by atoms with Crippen molar-refractivity contribution in [3.63, 3.8) is 0 Å². The molecular formula is C15H26N2O2. The predicted octanol–water partition coefficient (Wildman–Crippen LogP) is 1.36. The Bertz CT molecular complexity index is 303. The van der Waals surface area contributed by atoms with Crippen molar-refractivity contribution in [1.82, 2.24) is 9.80 Å². The van der Waals surface area contributed by atoms with E-state index in [0.717, 1.165) is 58.2 Å². The van der Waals surface area contributed by atoms with Crippen LogP contribution < -0.4 is 0 Å². The fourth-order valence-corrected chi connectivity index (χ4v) is 3.28. The van der Waals surface area contributed by atoms with Crippen molar-refractivity contribution in [1.29, 1.82) is 0 Å². The van der Waals surface area contributed by atoms with Crippen molar-refractivity contribution in [2.45, 2.75) is 32.1 Å². The molecule has 3 aliphatic rings. The van der Waals surface area contributed by atoms with Crippen LogP contribution in [0.2, 0.25) is 0 Å². The number of carbonyl (C=O) groups is 1. The highest BCUT2D eigenvalue weighted by molar-refractivity contribution is 5.79. The van der Waals surface area contributed by atoms with Gasteiger partial charge in [0.05, 0.1) is 0 Å². The fourth-order valence-electron chi connectivity index (χ4n) is 3.28. The SMILES string of the molecule is O=C(C1CCC1)N1CCN(CC[C@@H]2CCOC2)CC1. The highest BCUT2D eigenvalue weighted by Crippen LogP contribution is 2.28. The van der Waals surface area contributed by atoms with Crippen LogP contribution in [0.3, 0.4) is 0 Å². The molecule has 0 aromatic carbocycles. The minimum atomic E-state index is 0.363. The highest BCUT2D eigenvalue weighted by atomic mass is 16.5. The molecule has 19 heavy (non-hydrogen) atoms. The number of hydrogen-bond acceptors (Lipinski definition) is 3. The molecule has 0 aromatic rings. The smallest absolute Gasteiger partial charge is 0.225 e. The molecule has 2 heterocycles. The minimum absolute atomic E-state index is 0.363. The lowest BCUT2D eigenvalue weighted by Crippen LogP contribution is -2.51. The second kappa shape index (κ2) is 6.23. The molecule has 3 rings (SSSR count). The zero-order chi connectivity index (χ0) is 13.1. The third-order valence-electron chi connectivity index (χ3n) is 5.02. The van der Waals surface area contributed by atoms with Crippen molar-refractivity contribution in [2.75, 3.05) is 45.9 Å². The lowest BCUT2D eigenvalue weighted by Gasteiger charge is -2.38. The first kappa shape index (κ1) is 13.4. The van der Waals surface area contributed by atoms with Gasteiger partial charge in [-0.25, -0.2) is 0 Å². The van der Waals surface area contributed by atoms with Gasteiger partial charge in [-0.2, -0.15) is 0 Å². The summed E-state index contributed by atoms with van der Waals surface area (Å²) in [5.74, 6) is 1.56. The van der Waals surface area contributed by atoms with E-state index in [2.05, 4.69) is 9.80 Å². The van der Waals surface area contributed by atoms with E-state index >= 15 is 0 Å². The normalized spacial score (nSPS) is 29.5. The van der Waals surface area contributed by atoms with E-state index in [-0.39, 0.29) is 0 Å². The Morgan fingerprint density at radius 3 is 2.47 bits per heavy atom. The van der Waals surface area contributed by atoms with Crippen LogP contribution in [0.1, 0.15) is 32.1 Å². The summed E-state index contributed by atoms with van der Waals surface area (Å²) >= 11 is 0. The Kier molecular flexibility index (Phi) is 4.38. The molecule has 4 heteroatoms. The third-order valence-corrected chi connectivity index (χ3v) is 5.02. The van der Waals surface area contributed by atoms with Crippen molar-refractivity contribution < 1.29 is 9.53 Å². The summed E-state index contributed by atoms with van der Waals surface area (Å²) in [4.78, 5) is 16.8. The molecule has 2 saturated heterocycles. The summed E-state index contributed by atoms with van der Waals surface area (Å²) < 4.78 is 5.42. The van der Waals surface area contributed by atoms with Gasteiger partial charge >= 0.3 is 0 Å². The van der Waals surface area contributed by atoms with E-state index in [1.165, 1.54) is 25.8 Å². The van der Waals surface area contributed by atoms with E-state index in [1.807, 2.05) is 0 Å². The lowest BCUT2D eigenvalue weighted by molar-refractivity contribution is -0.139. The zero-order valence-corrected chi connectivity index (χ0v) is 11.9. The van der Waals surface area contributed by atoms with Gasteiger partial charge in [0.15, 0.2) is 0 Å². The van der Waals surface area contributed by atoms with E-state index in [4.69, 9.17) is 4.74 Å². The maximum Gasteiger partial charge on any atom is 0.225 e. The number of nitrogens with zero attached hydrogens (tertiary/aromatic N) is 2. The molecule has 0 bridgehead atoms. The molecular weight excluding hydrogens is 240 g/mol. The van der Waals surface area contributed by atoms with E-state index in [1.54, 1.807) is 0 Å². The topological polar surface area (TPSA) is 32.8 Å². The highest BCUT2D eigenvalue weighted by Gasteiger charge is 2.31. The van der Waals surface area contributed by atoms with Gasteiger partial charge in [-0.3, -0.25) is 9.69 Å². The monoisotopic (exact) mass is 266 g/mol. The lowest BCUT2D eigenvalue weighted by atomic mass is 9.84. The van der Waals surface area contributed by atoms with Gasteiger partial charge in [-0.1, -0.05) is 6.42 Å². The number of hydrogen-bond donors (Lipinski definition) is 0. The number of amides is 1. The van der Waals surface area contributed by atoms with E-state index in [9.17, 15) is 4.79 Å². The van der Waals surface area contributed by atoms with E-state index < -0.39 is 0 Å². The van der Waals surface area contributed by atoms with Gasteiger partial charge in [0.25, 0.3) is 0 Å². The van der Waals surface area contributed by atoms with Crippen LogP contribution in [0.4, 0.5) is 0 Å².